The van der Waals surface area contributed by atoms with Gasteiger partial charge in [-0.25, -0.2) is 0 Å². The first-order chi connectivity index (χ1) is 11.7. The third-order valence-corrected chi connectivity index (χ3v) is 3.89. The molecular formula is C18H16ClN5. The second-order valence-corrected chi connectivity index (χ2v) is 5.92. The van der Waals surface area contributed by atoms with Crippen molar-refractivity contribution in [2.24, 2.45) is 0 Å². The third-order valence-electron chi connectivity index (χ3n) is 3.58. The van der Waals surface area contributed by atoms with Crippen molar-refractivity contribution in [1.29, 1.82) is 5.26 Å². The van der Waals surface area contributed by atoms with E-state index in [0.717, 1.165) is 23.5 Å². The van der Waals surface area contributed by atoms with Crippen molar-refractivity contribution < 1.29 is 0 Å². The maximum absolute atomic E-state index is 8.94. The number of pyridine rings is 1. The molecule has 0 amide bonds. The number of aromatic nitrogens is 3. The molecule has 0 unspecified atom stereocenters. The molecule has 0 aliphatic heterocycles. The average Bonchev–Trinajstić information content (AvgIpc) is 3.04. The summed E-state index contributed by atoms with van der Waals surface area (Å²) in [5.41, 5.74) is 3.23. The molecule has 5 nitrogen and oxygen atoms in total. The molecule has 1 N–H and O–H groups in total. The van der Waals surface area contributed by atoms with E-state index in [0.29, 0.717) is 10.6 Å². The zero-order valence-electron chi connectivity index (χ0n) is 13.1. The van der Waals surface area contributed by atoms with Gasteiger partial charge in [-0.1, -0.05) is 17.7 Å². The first kappa shape index (κ1) is 16.0. The molecule has 1 aromatic carbocycles. The Morgan fingerprint density at radius 3 is 2.75 bits per heavy atom. The predicted molar refractivity (Wildman–Crippen MR) is 94.7 cm³/mol. The van der Waals surface area contributed by atoms with Crippen molar-refractivity contribution in [3.05, 3.63) is 65.6 Å². The smallest absolute Gasteiger partial charge is 0.101 e. The lowest BCUT2D eigenvalue weighted by molar-refractivity contribution is 0.562. The summed E-state index contributed by atoms with van der Waals surface area (Å²) in [5.74, 6) is 0. The standard InChI is InChI=1S/C18H16ClN5/c1-13(22-16-4-7-21-8-5-16)12-24-9-6-18(23-24)14-2-3-15(11-20)17(19)10-14/h2-10,13H,12H2,1H3,(H,21,22)/t13-/m0/s1. The van der Waals surface area contributed by atoms with Gasteiger partial charge in [0, 0.05) is 35.9 Å². The Balaban J connectivity index is 1.69. The Bertz CT molecular complexity index is 867. The highest BCUT2D eigenvalue weighted by Gasteiger charge is 2.08. The Kier molecular flexibility index (Phi) is 4.78. The summed E-state index contributed by atoms with van der Waals surface area (Å²) in [6, 6.07) is 13.4. The van der Waals surface area contributed by atoms with E-state index in [1.54, 1.807) is 24.5 Å². The van der Waals surface area contributed by atoms with Crippen LogP contribution in [0.25, 0.3) is 11.3 Å². The summed E-state index contributed by atoms with van der Waals surface area (Å²) < 4.78 is 1.89. The fourth-order valence-electron chi connectivity index (χ4n) is 2.44. The van der Waals surface area contributed by atoms with Gasteiger partial charge in [-0.3, -0.25) is 9.67 Å². The van der Waals surface area contributed by atoms with Gasteiger partial charge in [0.2, 0.25) is 0 Å². The van der Waals surface area contributed by atoms with E-state index in [1.165, 1.54) is 0 Å². The van der Waals surface area contributed by atoms with Crippen LogP contribution in [0.1, 0.15) is 12.5 Å². The van der Waals surface area contributed by atoms with Gasteiger partial charge in [0.25, 0.3) is 0 Å². The molecule has 24 heavy (non-hydrogen) atoms. The van der Waals surface area contributed by atoms with Crippen molar-refractivity contribution >= 4 is 17.3 Å². The van der Waals surface area contributed by atoms with Crippen LogP contribution >= 0.6 is 11.6 Å². The highest BCUT2D eigenvalue weighted by Crippen LogP contribution is 2.24. The highest BCUT2D eigenvalue weighted by atomic mass is 35.5. The van der Waals surface area contributed by atoms with Crippen LogP contribution in [-0.2, 0) is 6.54 Å². The zero-order chi connectivity index (χ0) is 16.9. The molecule has 0 bridgehead atoms. The highest BCUT2D eigenvalue weighted by molar-refractivity contribution is 6.32. The van der Waals surface area contributed by atoms with E-state index in [-0.39, 0.29) is 6.04 Å². The van der Waals surface area contributed by atoms with Crippen molar-refractivity contribution in [1.82, 2.24) is 14.8 Å². The number of nitrogens with one attached hydrogen (secondary N) is 1. The van der Waals surface area contributed by atoms with Gasteiger partial charge in [0.05, 0.1) is 22.8 Å². The third kappa shape index (κ3) is 3.73. The molecule has 1 atom stereocenters. The summed E-state index contributed by atoms with van der Waals surface area (Å²) in [6.07, 6.45) is 5.46. The molecule has 6 heteroatoms. The van der Waals surface area contributed by atoms with Gasteiger partial charge in [0.15, 0.2) is 0 Å². The van der Waals surface area contributed by atoms with E-state index in [2.05, 4.69) is 28.4 Å². The molecule has 2 aromatic heterocycles. The molecule has 0 radical (unpaired) electrons. The molecule has 0 spiro atoms. The van der Waals surface area contributed by atoms with Crippen molar-refractivity contribution in [2.75, 3.05) is 5.32 Å². The van der Waals surface area contributed by atoms with Gasteiger partial charge in [-0.2, -0.15) is 10.4 Å². The topological polar surface area (TPSA) is 66.5 Å². The number of nitriles is 1. The van der Waals surface area contributed by atoms with Crippen molar-refractivity contribution in [3.8, 4) is 17.3 Å². The first-order valence-corrected chi connectivity index (χ1v) is 7.93. The van der Waals surface area contributed by atoms with Gasteiger partial charge < -0.3 is 5.32 Å². The Morgan fingerprint density at radius 1 is 1.25 bits per heavy atom. The number of rotatable bonds is 5. The molecule has 0 aliphatic carbocycles. The van der Waals surface area contributed by atoms with Crippen molar-refractivity contribution in [2.45, 2.75) is 19.5 Å². The van der Waals surface area contributed by atoms with E-state index in [9.17, 15) is 0 Å². The lowest BCUT2D eigenvalue weighted by atomic mass is 10.1. The lowest BCUT2D eigenvalue weighted by Crippen LogP contribution is -2.22. The number of benzene rings is 1. The lowest BCUT2D eigenvalue weighted by Gasteiger charge is -2.15. The molecular weight excluding hydrogens is 322 g/mol. The SMILES string of the molecule is C[C@@H](Cn1ccc(-c2ccc(C#N)c(Cl)c2)n1)Nc1ccncc1. The number of hydrogen-bond acceptors (Lipinski definition) is 4. The number of nitrogens with zero attached hydrogens (tertiary/aromatic N) is 4. The Labute approximate surface area is 145 Å². The Morgan fingerprint density at radius 2 is 2.04 bits per heavy atom. The number of anilines is 1. The second-order valence-electron chi connectivity index (χ2n) is 5.51. The fraction of sp³-hybridized carbons (Fsp3) is 0.167. The molecule has 120 valence electrons. The minimum atomic E-state index is 0.213. The predicted octanol–water partition coefficient (Wildman–Crippen LogP) is 3.97. The maximum atomic E-state index is 8.94. The number of halogens is 1. The normalized spacial score (nSPS) is 11.7. The van der Waals surface area contributed by atoms with Gasteiger partial charge in [-0.05, 0) is 37.3 Å². The monoisotopic (exact) mass is 337 g/mol. The molecule has 3 rings (SSSR count). The number of hydrogen-bond donors (Lipinski definition) is 1. The fourth-order valence-corrected chi connectivity index (χ4v) is 2.66. The van der Waals surface area contributed by atoms with Crippen LogP contribution in [-0.4, -0.2) is 20.8 Å². The Hall–Kier alpha value is -2.84. The molecule has 0 saturated carbocycles. The van der Waals surface area contributed by atoms with E-state index < -0.39 is 0 Å². The minimum Gasteiger partial charge on any atom is -0.381 e. The second kappa shape index (κ2) is 7.16. The summed E-state index contributed by atoms with van der Waals surface area (Å²) in [5, 5.41) is 17.4. The summed E-state index contributed by atoms with van der Waals surface area (Å²) in [6.45, 7) is 2.83. The van der Waals surface area contributed by atoms with Gasteiger partial charge in [0.1, 0.15) is 6.07 Å². The summed E-state index contributed by atoms with van der Waals surface area (Å²) >= 11 is 6.09. The van der Waals surface area contributed by atoms with Gasteiger partial charge in [-0.15, -0.1) is 0 Å². The average molecular weight is 338 g/mol. The van der Waals surface area contributed by atoms with E-state index >= 15 is 0 Å². The maximum Gasteiger partial charge on any atom is 0.101 e. The van der Waals surface area contributed by atoms with E-state index in [1.807, 2.05) is 35.1 Å². The van der Waals surface area contributed by atoms with Crippen molar-refractivity contribution in [3.63, 3.8) is 0 Å². The van der Waals surface area contributed by atoms with Crippen LogP contribution < -0.4 is 5.32 Å². The van der Waals surface area contributed by atoms with Crippen LogP contribution in [0.3, 0.4) is 0 Å². The van der Waals surface area contributed by atoms with Crippen LogP contribution in [0, 0.1) is 11.3 Å². The largest absolute Gasteiger partial charge is 0.381 e. The van der Waals surface area contributed by atoms with Crippen LogP contribution in [0.5, 0.6) is 0 Å². The first-order valence-electron chi connectivity index (χ1n) is 7.56. The molecule has 0 saturated heterocycles. The quantitative estimate of drug-likeness (QED) is 0.765. The molecule has 0 aliphatic rings. The van der Waals surface area contributed by atoms with E-state index in [4.69, 9.17) is 16.9 Å². The molecule has 3 aromatic rings. The molecule has 2 heterocycles. The van der Waals surface area contributed by atoms with Crippen LogP contribution in [0.2, 0.25) is 5.02 Å². The summed E-state index contributed by atoms with van der Waals surface area (Å²) in [4.78, 5) is 4.00. The zero-order valence-corrected chi connectivity index (χ0v) is 13.9. The van der Waals surface area contributed by atoms with Gasteiger partial charge >= 0.3 is 0 Å². The van der Waals surface area contributed by atoms with Crippen LogP contribution in [0.15, 0.2) is 55.0 Å². The van der Waals surface area contributed by atoms with Crippen LogP contribution in [0.4, 0.5) is 5.69 Å². The minimum absolute atomic E-state index is 0.213. The summed E-state index contributed by atoms with van der Waals surface area (Å²) in [7, 11) is 0. The molecule has 0 fully saturated rings.